The highest BCUT2D eigenvalue weighted by atomic mass is 35.5. The lowest BCUT2D eigenvalue weighted by molar-refractivity contribution is -0.138. The highest BCUT2D eigenvalue weighted by Crippen LogP contribution is 2.43. The van der Waals surface area contributed by atoms with E-state index in [0.717, 1.165) is 12.5 Å². The molecule has 115 heavy (non-hydrogen) atoms. The Labute approximate surface area is 658 Å². The summed E-state index contributed by atoms with van der Waals surface area (Å²) in [4.78, 5) is 88.2. The molecule has 36 heteroatoms. The number of rotatable bonds is 20. The van der Waals surface area contributed by atoms with Crippen LogP contribution in [-0.2, 0) is 18.5 Å². The molecule has 12 rings (SSSR count). The van der Waals surface area contributed by atoms with E-state index in [1.807, 2.05) is 0 Å². The number of nitrogens with two attached hydrogens (primary N) is 1. The van der Waals surface area contributed by atoms with Crippen molar-refractivity contribution in [2.24, 2.45) is 5.92 Å². The van der Waals surface area contributed by atoms with Gasteiger partial charge in [-0.3, -0.25) is 28.8 Å². The second-order valence-corrected chi connectivity index (χ2v) is 26.4. The Morgan fingerprint density at radius 1 is 0.435 bits per heavy atom. The number of pyridine rings is 3. The molecule has 0 spiro atoms. The van der Waals surface area contributed by atoms with Gasteiger partial charge in [0.05, 0.1) is 124 Å². The highest BCUT2D eigenvalue weighted by molar-refractivity contribution is 6.29. The van der Waals surface area contributed by atoms with Crippen LogP contribution in [-0.4, -0.2) is 162 Å². The number of aromatic nitrogens is 3. The van der Waals surface area contributed by atoms with Gasteiger partial charge < -0.3 is 87.6 Å². The van der Waals surface area contributed by atoms with E-state index in [9.17, 15) is 83.6 Å². The number of methoxy groups -OCH3 is 3. The number of carbonyl (C=O) groups excluding carboxylic acids is 6. The van der Waals surface area contributed by atoms with Gasteiger partial charge in [0.15, 0.2) is 5.78 Å². The molecule has 9 aromatic rings. The average Bonchev–Trinajstić information content (AvgIpc) is 1.56. The van der Waals surface area contributed by atoms with Gasteiger partial charge in [-0.25, -0.2) is 15.0 Å². The molecule has 2 aliphatic heterocycles. The number of para-hydroxylation sites is 3. The van der Waals surface area contributed by atoms with Gasteiger partial charge in [-0.1, -0.05) is 48.0 Å². The van der Waals surface area contributed by atoms with E-state index in [2.05, 4.69) is 57.5 Å². The summed E-state index contributed by atoms with van der Waals surface area (Å²) in [6, 6.07) is 36.3. The quantitative estimate of drug-likeness (QED) is 0.0146. The largest absolute Gasteiger partial charge is 0.495 e. The summed E-state index contributed by atoms with van der Waals surface area (Å²) in [7, 11) is 8.61. The molecule has 5 heterocycles. The zero-order chi connectivity index (χ0) is 83.6. The Morgan fingerprint density at radius 2 is 0.800 bits per heavy atom. The van der Waals surface area contributed by atoms with Crippen molar-refractivity contribution in [1.82, 2.24) is 40.7 Å². The van der Waals surface area contributed by atoms with Gasteiger partial charge in [0.25, 0.3) is 29.5 Å². The monoisotopic (exact) mass is 1620 g/mol. The number of nitrogens with zero attached hydrogens (tertiary/aromatic N) is 5. The Balaban J connectivity index is 0.000000184. The number of amides is 5. The lowest BCUT2D eigenvalue weighted by atomic mass is 9.96. The molecule has 3 fully saturated rings. The number of halogens is 10. The number of likely N-dealkylation sites (tertiary alicyclic amines) is 2. The Hall–Kier alpha value is -12.5. The van der Waals surface area contributed by atoms with E-state index >= 15 is 0 Å². The summed E-state index contributed by atoms with van der Waals surface area (Å²) in [6.07, 6.45) is -10.4. The maximum absolute atomic E-state index is 13.8. The van der Waals surface area contributed by atoms with Crippen molar-refractivity contribution in [1.29, 1.82) is 0 Å². The number of β-amino-alcohol motifs (C(OH)–C–C–N with tert-alkyl or cyclic N) is 2. The summed E-state index contributed by atoms with van der Waals surface area (Å²) >= 11 is 5.67. The topological polar surface area (TPSA) is 358 Å². The molecule has 26 nitrogen and oxygen atoms in total. The number of Topliss-reactive ketones (excluding diaryl/α,β-unsaturated/α-hetero) is 1. The van der Waals surface area contributed by atoms with E-state index < -0.39 is 65.1 Å². The number of anilines is 11. The van der Waals surface area contributed by atoms with E-state index in [4.69, 9.17) is 31.5 Å². The summed E-state index contributed by atoms with van der Waals surface area (Å²) in [6.45, 7) is 1.37. The molecule has 0 bridgehead atoms. The van der Waals surface area contributed by atoms with Crippen molar-refractivity contribution in [3.05, 3.63) is 219 Å². The first kappa shape index (κ1) is 86.5. The number of benzene rings is 6. The Kier molecular flexibility index (Phi) is 28.9. The van der Waals surface area contributed by atoms with E-state index in [0.29, 0.717) is 96.9 Å². The first-order valence-electron chi connectivity index (χ1n) is 35.3. The third-order valence-corrected chi connectivity index (χ3v) is 18.4. The number of aliphatic hydroxyl groups is 3. The molecule has 3 aliphatic rings. The minimum absolute atomic E-state index is 0.0676. The summed E-state index contributed by atoms with van der Waals surface area (Å²) < 4.78 is 138. The molecular formula is C79H80ClF9N14O12. The Bertz CT molecular complexity index is 4800. The van der Waals surface area contributed by atoms with Gasteiger partial charge >= 0.3 is 18.5 Å². The molecular weight excluding hydrogens is 1540 g/mol. The maximum atomic E-state index is 13.8. The van der Waals surface area contributed by atoms with Crippen LogP contribution >= 0.6 is 11.6 Å². The number of ketones is 1. The molecule has 6 aromatic carbocycles. The molecule has 1 saturated carbocycles. The fraction of sp³-hybridized carbons (Fsp3) is 0.278. The number of ether oxygens (including phenoxy) is 3. The number of carbonyl (C=O) groups is 6. The third kappa shape index (κ3) is 22.5. The van der Waals surface area contributed by atoms with Crippen LogP contribution < -0.4 is 62.5 Å². The molecule has 5 amide bonds. The number of alkyl halides is 9. The maximum Gasteiger partial charge on any atom is 0.419 e. The fourth-order valence-corrected chi connectivity index (χ4v) is 12.5. The van der Waals surface area contributed by atoms with Crippen LogP contribution in [0.5, 0.6) is 17.2 Å². The lowest BCUT2D eigenvalue weighted by Gasteiger charge is -2.19. The summed E-state index contributed by atoms with van der Waals surface area (Å²) in [5.74, 6) is -0.664. The van der Waals surface area contributed by atoms with Gasteiger partial charge in [0.2, 0.25) is 0 Å². The van der Waals surface area contributed by atoms with E-state index in [-0.39, 0.29) is 122 Å². The van der Waals surface area contributed by atoms with E-state index in [1.165, 1.54) is 103 Å². The molecule has 1 aliphatic carbocycles. The van der Waals surface area contributed by atoms with Crippen molar-refractivity contribution in [2.45, 2.75) is 68.9 Å². The molecule has 4 atom stereocenters. The molecule has 1 unspecified atom stereocenters. The van der Waals surface area contributed by atoms with Crippen LogP contribution in [0.3, 0.4) is 0 Å². The Morgan fingerprint density at radius 3 is 1.15 bits per heavy atom. The number of hydrogen-bond acceptors (Lipinski definition) is 21. The standard InChI is InChI=1S/2C26H26F3N5O4.C14H11ClF3N3O.C13H17NO3/c2*1-30-24(36)17-5-3-4-6-19(17)32-21-12-23(31-13-18(21)26(27,28)29)33-20-8-7-15(11-22(20)38-2)25(37)34-10-9-16(35)14-34;1-19-13(22)8-4-2-3-5-10(8)21-11-6-12(15)20-7-9(11)14(16,17)18;1-17-12-7-9(3-5-11(12)14)13(16)8-2-4-10(15)6-8/h2*3-8,11-13,16,35H,9-10,14H2,1-2H3,(H,30,36)(H2,31,32,33);2-7H,1H3,(H,19,22)(H,20,21);3,5,7-8,10,15H,2,4,6,14H2,1H3/t2*16-;;8?,10-/m00.0/s1. The number of aliphatic hydroxyl groups excluding tert-OH is 3. The number of nitrogens with one attached hydrogen (secondary N) is 8. The van der Waals surface area contributed by atoms with Crippen LogP contribution in [0.1, 0.15) is 111 Å². The molecule has 3 aromatic heterocycles. The lowest BCUT2D eigenvalue weighted by Crippen LogP contribution is -2.29. The van der Waals surface area contributed by atoms with Crippen LogP contribution in [0.2, 0.25) is 5.15 Å². The van der Waals surface area contributed by atoms with Gasteiger partial charge in [-0.2, -0.15) is 39.5 Å². The zero-order valence-corrected chi connectivity index (χ0v) is 63.1. The smallest absolute Gasteiger partial charge is 0.419 e. The van der Waals surface area contributed by atoms with Gasteiger partial charge in [0.1, 0.15) is 34.0 Å². The van der Waals surface area contributed by atoms with Gasteiger partial charge in [0, 0.05) is 101 Å². The molecule has 0 radical (unpaired) electrons. The minimum atomic E-state index is -4.71. The average molecular weight is 1620 g/mol. The van der Waals surface area contributed by atoms with E-state index in [1.54, 1.807) is 88.7 Å². The van der Waals surface area contributed by atoms with Gasteiger partial charge in [-0.15, -0.1) is 0 Å². The van der Waals surface area contributed by atoms with Gasteiger partial charge in [-0.05, 0) is 129 Å². The minimum Gasteiger partial charge on any atom is -0.495 e. The van der Waals surface area contributed by atoms with Crippen molar-refractivity contribution < 1.29 is 97.8 Å². The SMILES string of the molecule is CNC(=O)c1ccccc1Nc1cc(Cl)ncc1C(F)(F)F.CNC(=O)c1ccccc1Nc1cc(Nc2ccc(C(=O)N3CC[C@H](O)C3)cc2OC)ncc1C(F)(F)F.CNC(=O)c1ccccc1Nc1cc(Nc2ccc(C(=O)N3CC[C@H](O)C3)cc2OC)ncc1C(F)(F)F.COc1cc(C(=O)C2CC[C@H](O)C2)ccc1N. The molecule has 13 N–H and O–H groups in total. The normalized spacial score (nSPS) is 15.7. The van der Waals surface area contributed by atoms with Crippen molar-refractivity contribution >= 4 is 110 Å². The third-order valence-electron chi connectivity index (χ3n) is 18.2. The zero-order valence-electron chi connectivity index (χ0n) is 62.4. The van der Waals surface area contributed by atoms with Crippen LogP contribution in [0, 0.1) is 5.92 Å². The van der Waals surface area contributed by atoms with Crippen molar-refractivity contribution in [2.75, 3.05) is 101 Å². The second kappa shape index (κ2) is 38.4. The first-order chi connectivity index (χ1) is 54.6. The predicted octanol–water partition coefficient (Wildman–Crippen LogP) is 13.8. The first-order valence-corrected chi connectivity index (χ1v) is 35.6. The second-order valence-electron chi connectivity index (χ2n) is 26.0. The molecule has 2 saturated heterocycles. The molecule has 608 valence electrons. The van der Waals surface area contributed by atoms with Crippen LogP contribution in [0.25, 0.3) is 0 Å². The predicted molar refractivity (Wildman–Crippen MR) is 413 cm³/mol. The van der Waals surface area contributed by atoms with Crippen LogP contribution in [0.15, 0.2) is 164 Å². The summed E-state index contributed by atoms with van der Waals surface area (Å²) in [5.41, 5.74) is 5.49. The number of hydrogen-bond donors (Lipinski definition) is 12. The number of nitrogen functional groups attached to an aromatic ring is 1. The van der Waals surface area contributed by atoms with Crippen molar-refractivity contribution in [3.8, 4) is 17.2 Å². The summed E-state index contributed by atoms with van der Waals surface area (Å²) in [5, 5.41) is 50.0. The van der Waals surface area contributed by atoms with Crippen LogP contribution in [0.4, 0.5) is 102 Å². The van der Waals surface area contributed by atoms with Crippen molar-refractivity contribution in [3.63, 3.8) is 0 Å². The fourth-order valence-electron chi connectivity index (χ4n) is 12.3. The highest BCUT2D eigenvalue weighted by Gasteiger charge is 2.38.